The summed E-state index contributed by atoms with van der Waals surface area (Å²) in [4.78, 5) is 4.33. The molecule has 0 radical (unpaired) electrons. The van der Waals surface area contributed by atoms with Crippen LogP contribution >= 0.6 is 0 Å². The van der Waals surface area contributed by atoms with E-state index in [0.717, 1.165) is 67.8 Å². The first kappa shape index (κ1) is 22.3. The molecule has 0 unspecified atom stereocenters. The van der Waals surface area contributed by atoms with Crippen LogP contribution in [0.5, 0.6) is 5.75 Å². The maximum Gasteiger partial charge on any atom is 0.175 e. The second kappa shape index (κ2) is 8.78. The third-order valence-corrected chi connectivity index (χ3v) is 7.84. The van der Waals surface area contributed by atoms with Gasteiger partial charge in [0.2, 0.25) is 0 Å². The summed E-state index contributed by atoms with van der Waals surface area (Å²) < 4.78 is 17.3. The van der Waals surface area contributed by atoms with Crippen LogP contribution < -0.4 is 15.1 Å². The lowest BCUT2D eigenvalue weighted by atomic mass is 9.82. The highest BCUT2D eigenvalue weighted by Gasteiger charge is 2.43. The number of nitrogens with one attached hydrogen (secondary N) is 1. The molecule has 3 aliphatic heterocycles. The van der Waals surface area contributed by atoms with Crippen LogP contribution in [0.3, 0.4) is 0 Å². The van der Waals surface area contributed by atoms with Crippen molar-refractivity contribution in [3.05, 3.63) is 36.7 Å². The lowest BCUT2D eigenvalue weighted by Gasteiger charge is -2.47. The Morgan fingerprint density at radius 1 is 1.06 bits per heavy atom. The van der Waals surface area contributed by atoms with E-state index in [-0.39, 0.29) is 17.8 Å². The Morgan fingerprint density at radius 2 is 1.94 bits per heavy atom. The monoisotopic (exact) mass is 477 g/mol. The van der Waals surface area contributed by atoms with Crippen molar-refractivity contribution in [1.29, 1.82) is 0 Å². The Kier molecular flexibility index (Phi) is 5.59. The van der Waals surface area contributed by atoms with E-state index in [1.807, 2.05) is 38.5 Å². The van der Waals surface area contributed by atoms with E-state index in [2.05, 4.69) is 30.4 Å². The van der Waals surface area contributed by atoms with Crippen molar-refractivity contribution in [3.63, 3.8) is 0 Å². The molecular weight excluding hydrogens is 445 g/mol. The average Bonchev–Trinajstić information content (AvgIpc) is 3.23. The number of phenolic OH excluding ortho intramolecular Hbond substituents is 1. The van der Waals surface area contributed by atoms with Crippen LogP contribution in [0.25, 0.3) is 22.4 Å². The van der Waals surface area contributed by atoms with Crippen LogP contribution in [-0.4, -0.2) is 69.5 Å². The molecule has 2 aromatic heterocycles. The van der Waals surface area contributed by atoms with Gasteiger partial charge in [-0.2, -0.15) is 5.10 Å². The van der Waals surface area contributed by atoms with Crippen LogP contribution in [-0.2, 0) is 7.05 Å². The molecule has 184 valence electrons. The molecule has 1 aromatic carbocycles. The van der Waals surface area contributed by atoms with Gasteiger partial charge < -0.3 is 20.2 Å². The highest BCUT2D eigenvalue weighted by molar-refractivity contribution is 5.78. The number of anilines is 2. The standard InChI is InChI=1S/C26H32FN7O/c1-32-9-4-10-34(22-12-18-5-3-6-20(29-18)25(22)27)26-23(32)13-21(30-31-26)19-8-7-16(11-24(19)35)17-14-28-33(2)15-17/h7-8,11,13-15,18,20,22,25,29,35H,3-6,9-10,12H2,1-2H3/t18-,20-,22+,25-/m1/s1. The van der Waals surface area contributed by atoms with E-state index in [4.69, 9.17) is 0 Å². The van der Waals surface area contributed by atoms with Gasteiger partial charge in [0.05, 0.1) is 23.6 Å². The molecule has 3 aliphatic rings. The van der Waals surface area contributed by atoms with Gasteiger partial charge in [-0.1, -0.05) is 12.5 Å². The first-order chi connectivity index (χ1) is 17.0. The zero-order valence-electron chi connectivity index (χ0n) is 20.2. The first-order valence-corrected chi connectivity index (χ1v) is 12.6. The number of phenols is 1. The van der Waals surface area contributed by atoms with E-state index in [0.29, 0.717) is 17.3 Å². The number of piperidine rings is 2. The Morgan fingerprint density at radius 3 is 2.74 bits per heavy atom. The fourth-order valence-electron chi connectivity index (χ4n) is 6.00. The molecule has 0 spiro atoms. The van der Waals surface area contributed by atoms with Gasteiger partial charge in [0.25, 0.3) is 0 Å². The van der Waals surface area contributed by atoms with Crippen molar-refractivity contribution in [2.45, 2.75) is 56.4 Å². The highest BCUT2D eigenvalue weighted by Crippen LogP contribution is 2.40. The Hall–Kier alpha value is -3.20. The molecular formula is C26H32FN7O. The summed E-state index contributed by atoms with van der Waals surface area (Å²) in [6.07, 6.45) is 7.59. The molecule has 8 nitrogen and oxygen atoms in total. The van der Waals surface area contributed by atoms with E-state index in [9.17, 15) is 5.11 Å². The molecule has 2 fully saturated rings. The third kappa shape index (κ3) is 4.01. The van der Waals surface area contributed by atoms with Gasteiger partial charge >= 0.3 is 0 Å². The molecule has 2 N–H and O–H groups in total. The number of aromatic hydroxyl groups is 1. The maximum atomic E-state index is 15.6. The minimum atomic E-state index is -0.923. The number of rotatable bonds is 3. The van der Waals surface area contributed by atoms with Crippen LogP contribution in [0.1, 0.15) is 32.1 Å². The van der Waals surface area contributed by atoms with Gasteiger partial charge in [0, 0.05) is 56.6 Å². The fraction of sp³-hybridized carbons (Fsp3) is 0.500. The van der Waals surface area contributed by atoms with Crippen LogP contribution in [0, 0.1) is 0 Å². The van der Waals surface area contributed by atoms with Crippen molar-refractivity contribution in [1.82, 2.24) is 25.3 Å². The topological polar surface area (TPSA) is 82.3 Å². The van der Waals surface area contributed by atoms with E-state index in [1.54, 1.807) is 16.9 Å². The number of halogens is 1. The highest BCUT2D eigenvalue weighted by atomic mass is 19.1. The summed E-state index contributed by atoms with van der Waals surface area (Å²) in [7, 11) is 3.91. The molecule has 35 heavy (non-hydrogen) atoms. The first-order valence-electron chi connectivity index (χ1n) is 12.6. The largest absolute Gasteiger partial charge is 0.507 e. The number of hydrogen-bond donors (Lipinski definition) is 2. The number of hydrogen-bond acceptors (Lipinski definition) is 7. The smallest absolute Gasteiger partial charge is 0.175 e. The van der Waals surface area contributed by atoms with Gasteiger partial charge in [-0.05, 0) is 49.4 Å². The molecule has 4 atom stereocenters. The second-order valence-corrected chi connectivity index (χ2v) is 10.2. The SMILES string of the molecule is CN1CCCN([C@H]2C[C@H]3CCC[C@@H](N3)[C@H]2F)c2nnc(-c3ccc(-c4cnn(C)c4)cc3O)cc21. The number of aryl methyl sites for hydroxylation is 1. The van der Waals surface area contributed by atoms with Gasteiger partial charge in [0.1, 0.15) is 11.9 Å². The van der Waals surface area contributed by atoms with Crippen molar-refractivity contribution in [2.75, 3.05) is 29.9 Å². The molecule has 2 saturated heterocycles. The molecule has 2 bridgehead atoms. The van der Waals surface area contributed by atoms with Crippen LogP contribution in [0.15, 0.2) is 36.7 Å². The molecule has 9 heteroatoms. The van der Waals surface area contributed by atoms with Crippen molar-refractivity contribution < 1.29 is 9.50 Å². The van der Waals surface area contributed by atoms with Crippen LogP contribution in [0.2, 0.25) is 0 Å². The fourth-order valence-corrected chi connectivity index (χ4v) is 6.00. The van der Waals surface area contributed by atoms with Gasteiger partial charge in [-0.25, -0.2) is 4.39 Å². The van der Waals surface area contributed by atoms with Crippen molar-refractivity contribution in [3.8, 4) is 28.1 Å². The Balaban J connectivity index is 1.34. The quantitative estimate of drug-likeness (QED) is 0.597. The predicted octanol–water partition coefficient (Wildman–Crippen LogP) is 3.52. The predicted molar refractivity (Wildman–Crippen MR) is 134 cm³/mol. The molecule has 0 amide bonds. The Bertz CT molecular complexity index is 1230. The van der Waals surface area contributed by atoms with Crippen LogP contribution in [0.4, 0.5) is 15.9 Å². The summed E-state index contributed by atoms with van der Waals surface area (Å²) in [6, 6.07) is 7.65. The van der Waals surface area contributed by atoms with E-state index >= 15 is 4.39 Å². The van der Waals surface area contributed by atoms with Gasteiger partial charge in [-0.3, -0.25) is 4.68 Å². The summed E-state index contributed by atoms with van der Waals surface area (Å²) in [5.41, 5.74) is 3.98. The minimum absolute atomic E-state index is 0.0700. The minimum Gasteiger partial charge on any atom is -0.507 e. The lowest BCUT2D eigenvalue weighted by molar-refractivity contribution is 0.104. The average molecular weight is 478 g/mol. The molecule has 0 aliphatic carbocycles. The number of alkyl halides is 1. The molecule has 3 aromatic rings. The second-order valence-electron chi connectivity index (χ2n) is 10.2. The maximum absolute atomic E-state index is 15.6. The molecule has 0 saturated carbocycles. The van der Waals surface area contributed by atoms with E-state index in [1.165, 1.54) is 0 Å². The van der Waals surface area contributed by atoms with Gasteiger partial charge in [-0.15, -0.1) is 10.2 Å². The number of aromatic nitrogens is 4. The number of nitrogens with zero attached hydrogens (tertiary/aromatic N) is 6. The third-order valence-electron chi connectivity index (χ3n) is 7.84. The summed E-state index contributed by atoms with van der Waals surface area (Å²) in [5, 5.41) is 27.7. The summed E-state index contributed by atoms with van der Waals surface area (Å²) in [6.45, 7) is 1.62. The lowest BCUT2D eigenvalue weighted by Crippen LogP contribution is -2.62. The Labute approximate surface area is 204 Å². The van der Waals surface area contributed by atoms with E-state index < -0.39 is 6.17 Å². The van der Waals surface area contributed by atoms with Crippen molar-refractivity contribution >= 4 is 11.5 Å². The normalized spacial score (nSPS) is 26.4. The number of benzene rings is 1. The number of fused-ring (bicyclic) bond motifs is 3. The summed E-state index contributed by atoms with van der Waals surface area (Å²) in [5.74, 6) is 0.886. The molecule has 6 rings (SSSR count). The zero-order chi connectivity index (χ0) is 24.1. The molecule has 5 heterocycles. The summed E-state index contributed by atoms with van der Waals surface area (Å²) >= 11 is 0. The van der Waals surface area contributed by atoms with Crippen molar-refractivity contribution in [2.24, 2.45) is 7.05 Å². The van der Waals surface area contributed by atoms with Gasteiger partial charge in [0.15, 0.2) is 5.82 Å². The zero-order valence-corrected chi connectivity index (χ0v) is 20.2.